The Bertz CT molecular complexity index is 1660. The van der Waals surface area contributed by atoms with Gasteiger partial charge >= 0.3 is 0 Å². The van der Waals surface area contributed by atoms with Gasteiger partial charge in [-0.2, -0.15) is 5.26 Å². The Morgan fingerprint density at radius 2 is 1.72 bits per heavy atom. The highest BCUT2D eigenvalue weighted by Gasteiger charge is 2.52. The SMILES string of the molecule is C=C(c1ccc2c(c1)CCc1cc(C(=O)N(C)C)ccc1C2(C[C@H](C)NCC(=C)N1C(C#N)C[C@@H]2C[C@@H]21)c1nnc(C)o1)N(C)C. The van der Waals surface area contributed by atoms with Gasteiger partial charge in [0, 0.05) is 70.7 Å². The smallest absolute Gasteiger partial charge is 0.253 e. The average molecular weight is 620 g/mol. The zero-order valence-electron chi connectivity index (χ0n) is 27.9. The standard InChI is InChI=1S/C37H45N7O2/c1-22(39-21-23(2)44-31(20-38)17-30-18-34(30)44)19-37(36-41-40-25(4)46-36)32-13-11-26(24(3)42(5)6)15-27(32)9-10-28-16-29(12-14-33(28)37)35(45)43(7)8/h11-16,22,30-31,34,39H,2-3,9-10,17-19,21H2,1,4-8H3/t22-,30+,31?,34-,37?/m0/s1. The van der Waals surface area contributed by atoms with Crippen LogP contribution in [0.4, 0.5) is 0 Å². The van der Waals surface area contributed by atoms with Crippen LogP contribution in [0.3, 0.4) is 0 Å². The Labute approximate surface area is 272 Å². The van der Waals surface area contributed by atoms with E-state index in [0.29, 0.717) is 42.3 Å². The number of likely N-dealkylation sites (tertiary alicyclic amines) is 1. The Morgan fingerprint density at radius 1 is 1.07 bits per heavy atom. The second-order valence-electron chi connectivity index (χ2n) is 13.7. The second-order valence-corrected chi connectivity index (χ2v) is 13.7. The molecule has 5 atom stereocenters. The van der Waals surface area contributed by atoms with Crippen LogP contribution >= 0.6 is 0 Å². The number of aromatic nitrogens is 2. The van der Waals surface area contributed by atoms with Crippen LogP contribution in [0.1, 0.15) is 76.1 Å². The molecule has 1 aliphatic heterocycles. The number of aryl methyl sites for hydroxylation is 3. The van der Waals surface area contributed by atoms with E-state index >= 15 is 0 Å². The molecule has 1 saturated carbocycles. The van der Waals surface area contributed by atoms with Gasteiger partial charge in [-0.05, 0) is 91.0 Å². The first-order valence-corrected chi connectivity index (χ1v) is 16.2. The third-order valence-corrected chi connectivity index (χ3v) is 10.1. The number of nitrogens with one attached hydrogen (secondary N) is 1. The summed E-state index contributed by atoms with van der Waals surface area (Å²) in [6, 6.07) is 15.5. The first kappa shape index (κ1) is 31.6. The molecule has 0 bridgehead atoms. The van der Waals surface area contributed by atoms with E-state index in [-0.39, 0.29) is 18.0 Å². The minimum atomic E-state index is -0.779. The summed E-state index contributed by atoms with van der Waals surface area (Å²) in [7, 11) is 7.56. The van der Waals surface area contributed by atoms with E-state index in [9.17, 15) is 10.1 Å². The van der Waals surface area contributed by atoms with Gasteiger partial charge in [0.15, 0.2) is 0 Å². The molecule has 3 aliphatic rings. The van der Waals surface area contributed by atoms with Crippen LogP contribution in [0.2, 0.25) is 0 Å². The topological polar surface area (TPSA) is 102 Å². The Kier molecular flexibility index (Phi) is 8.28. The van der Waals surface area contributed by atoms with Crippen LogP contribution < -0.4 is 5.32 Å². The lowest BCUT2D eigenvalue weighted by molar-refractivity contribution is 0.0827. The maximum absolute atomic E-state index is 13.1. The van der Waals surface area contributed by atoms with E-state index in [2.05, 4.69) is 70.8 Å². The normalized spacial score (nSPS) is 23.3. The molecule has 1 N–H and O–H groups in total. The van der Waals surface area contributed by atoms with Crippen LogP contribution in [0.5, 0.6) is 0 Å². The highest BCUT2D eigenvalue weighted by atomic mass is 16.4. The molecule has 2 fully saturated rings. The molecule has 1 aromatic heterocycles. The molecule has 240 valence electrons. The highest BCUT2D eigenvalue weighted by Crippen LogP contribution is 2.50. The van der Waals surface area contributed by atoms with Gasteiger partial charge in [-0.1, -0.05) is 31.4 Å². The largest absolute Gasteiger partial charge is 0.424 e. The minimum Gasteiger partial charge on any atom is -0.424 e. The van der Waals surface area contributed by atoms with Crippen LogP contribution in [-0.2, 0) is 18.3 Å². The van der Waals surface area contributed by atoms with Crippen molar-refractivity contribution in [3.63, 3.8) is 0 Å². The summed E-state index contributed by atoms with van der Waals surface area (Å²) >= 11 is 0. The third-order valence-electron chi connectivity index (χ3n) is 10.1. The van der Waals surface area contributed by atoms with E-state index in [0.717, 1.165) is 59.3 Å². The first-order valence-electron chi connectivity index (χ1n) is 16.2. The van der Waals surface area contributed by atoms with Crippen LogP contribution in [0, 0.1) is 24.2 Å². The average Bonchev–Trinajstić information content (AvgIpc) is 3.53. The number of carbonyl (C=O) groups is 1. The van der Waals surface area contributed by atoms with Gasteiger partial charge in [0.25, 0.3) is 5.91 Å². The number of rotatable bonds is 10. The van der Waals surface area contributed by atoms with E-state index in [4.69, 9.17) is 4.42 Å². The second kappa shape index (κ2) is 12.1. The van der Waals surface area contributed by atoms with Crippen molar-refractivity contribution in [1.29, 1.82) is 5.26 Å². The van der Waals surface area contributed by atoms with E-state index in [1.807, 2.05) is 38.1 Å². The molecule has 1 amide bonds. The molecule has 6 rings (SSSR count). The molecule has 0 spiro atoms. The molecule has 9 heteroatoms. The van der Waals surface area contributed by atoms with E-state index in [1.165, 1.54) is 5.56 Å². The van der Waals surface area contributed by atoms with Crippen molar-refractivity contribution in [2.45, 2.75) is 69.5 Å². The fraction of sp³-hybridized carbons (Fsp3) is 0.459. The third kappa shape index (κ3) is 5.49. The number of nitrogens with zero attached hydrogens (tertiary/aromatic N) is 6. The zero-order chi connectivity index (χ0) is 32.9. The molecule has 0 radical (unpaired) electrons. The fourth-order valence-electron chi connectivity index (χ4n) is 7.63. The lowest BCUT2D eigenvalue weighted by Crippen LogP contribution is -2.42. The number of piperidine rings is 1. The van der Waals surface area contributed by atoms with Gasteiger partial charge in [-0.3, -0.25) is 4.79 Å². The van der Waals surface area contributed by atoms with Gasteiger partial charge in [0.1, 0.15) is 11.5 Å². The molecule has 2 heterocycles. The summed E-state index contributed by atoms with van der Waals surface area (Å²) in [6.07, 6.45) is 4.26. The van der Waals surface area contributed by atoms with Crippen molar-refractivity contribution in [2.24, 2.45) is 5.92 Å². The molecular formula is C37H45N7O2. The van der Waals surface area contributed by atoms with Crippen LogP contribution in [-0.4, -0.2) is 83.7 Å². The number of hydrogen-bond acceptors (Lipinski definition) is 8. The van der Waals surface area contributed by atoms with Crippen molar-refractivity contribution in [1.82, 2.24) is 30.2 Å². The predicted octanol–water partition coefficient (Wildman–Crippen LogP) is 4.91. The van der Waals surface area contributed by atoms with Gasteiger partial charge in [0.2, 0.25) is 11.8 Å². The maximum atomic E-state index is 13.1. The van der Waals surface area contributed by atoms with Gasteiger partial charge in [-0.25, -0.2) is 0 Å². The summed E-state index contributed by atoms with van der Waals surface area (Å²) in [6.45, 7) is 13.3. The quantitative estimate of drug-likeness (QED) is 0.342. The molecule has 1 saturated heterocycles. The number of carbonyl (C=O) groups excluding carboxylic acids is 1. The molecule has 2 aliphatic carbocycles. The number of amides is 1. The summed E-state index contributed by atoms with van der Waals surface area (Å²) in [5.41, 5.74) is 7.32. The summed E-state index contributed by atoms with van der Waals surface area (Å²) in [5.74, 6) is 1.64. The number of fused-ring (bicyclic) bond motifs is 3. The molecule has 2 unspecified atom stereocenters. The molecule has 2 aromatic carbocycles. The van der Waals surface area contributed by atoms with E-state index < -0.39 is 5.41 Å². The first-order chi connectivity index (χ1) is 21.9. The monoisotopic (exact) mass is 619 g/mol. The van der Waals surface area contributed by atoms with Crippen molar-refractivity contribution in [3.8, 4) is 6.07 Å². The maximum Gasteiger partial charge on any atom is 0.253 e. The van der Waals surface area contributed by atoms with Gasteiger partial charge in [0.05, 0.1) is 6.07 Å². The lowest BCUT2D eigenvalue weighted by atomic mass is 9.68. The number of benzene rings is 2. The molecule has 46 heavy (non-hydrogen) atoms. The number of hydrogen-bond donors (Lipinski definition) is 1. The fourth-order valence-corrected chi connectivity index (χ4v) is 7.63. The van der Waals surface area contributed by atoms with Crippen molar-refractivity contribution in [3.05, 3.63) is 100 Å². The van der Waals surface area contributed by atoms with Crippen molar-refractivity contribution in [2.75, 3.05) is 34.7 Å². The van der Waals surface area contributed by atoms with Gasteiger partial charge in [-0.15, -0.1) is 10.2 Å². The predicted molar refractivity (Wildman–Crippen MR) is 179 cm³/mol. The van der Waals surface area contributed by atoms with E-state index in [1.54, 1.807) is 19.0 Å². The Hall–Kier alpha value is -4.42. The van der Waals surface area contributed by atoms with Crippen molar-refractivity contribution < 1.29 is 9.21 Å². The summed E-state index contributed by atoms with van der Waals surface area (Å²) in [5, 5.41) is 22.5. The summed E-state index contributed by atoms with van der Waals surface area (Å²) < 4.78 is 6.37. The summed E-state index contributed by atoms with van der Waals surface area (Å²) in [4.78, 5) is 19.0. The zero-order valence-corrected chi connectivity index (χ0v) is 27.9. The van der Waals surface area contributed by atoms with Crippen LogP contribution in [0.15, 0.2) is 59.7 Å². The molecule has 3 aromatic rings. The highest BCUT2D eigenvalue weighted by molar-refractivity contribution is 5.94. The van der Waals surface area contributed by atoms with Gasteiger partial charge < -0.3 is 24.4 Å². The minimum absolute atomic E-state index is 0.000366. The lowest BCUT2D eigenvalue weighted by Gasteiger charge is -2.36. The Balaban J connectivity index is 1.44. The van der Waals surface area contributed by atoms with Crippen LogP contribution in [0.25, 0.3) is 5.70 Å². The molecular weight excluding hydrogens is 574 g/mol. The van der Waals surface area contributed by atoms with Crippen molar-refractivity contribution >= 4 is 11.6 Å². The Morgan fingerprint density at radius 3 is 2.30 bits per heavy atom. The number of nitriles is 1. The molecule has 9 nitrogen and oxygen atoms in total.